The van der Waals surface area contributed by atoms with Gasteiger partial charge in [0.1, 0.15) is 0 Å². The van der Waals surface area contributed by atoms with E-state index < -0.39 is 17.7 Å². The van der Waals surface area contributed by atoms with Crippen molar-refractivity contribution in [1.82, 2.24) is 4.90 Å². The molecule has 0 aliphatic carbocycles. The highest BCUT2D eigenvalue weighted by Gasteiger charge is 2.28. The lowest BCUT2D eigenvalue weighted by molar-refractivity contribution is 0.0794. The Morgan fingerprint density at radius 2 is 2.16 bits per heavy atom. The fraction of sp³-hybridized carbons (Fsp3) is 0.500. The van der Waals surface area contributed by atoms with Crippen LogP contribution in [0.4, 0.5) is 8.78 Å². The fourth-order valence-corrected chi connectivity index (χ4v) is 2.24. The molecule has 0 spiro atoms. The van der Waals surface area contributed by atoms with E-state index in [9.17, 15) is 13.6 Å². The number of likely N-dealkylation sites (N-methyl/N-ethyl adjacent to an activating group) is 1. The Hall–Kier alpha value is -1.33. The van der Waals surface area contributed by atoms with Gasteiger partial charge in [0.05, 0.1) is 12.6 Å². The first-order chi connectivity index (χ1) is 9.00. The maximum atomic E-state index is 13.1. The average molecular weight is 269 g/mol. The van der Waals surface area contributed by atoms with Gasteiger partial charge in [0, 0.05) is 18.2 Å². The maximum absolute atomic E-state index is 13.1. The van der Waals surface area contributed by atoms with Gasteiger partial charge in [0.25, 0.3) is 0 Å². The molecule has 1 aliphatic heterocycles. The quantitative estimate of drug-likeness (QED) is 0.785. The standard InChI is InChI=1S/C14H17F2NO2/c1-9(17(2)11-5-6-19-8-11)14(18)10-3-4-12(15)13(16)7-10/h3-4,7,9,11H,5-6,8H2,1-2H3. The number of halogens is 2. The van der Waals surface area contributed by atoms with Gasteiger partial charge in [-0.25, -0.2) is 8.78 Å². The molecular weight excluding hydrogens is 252 g/mol. The van der Waals surface area contributed by atoms with Crippen LogP contribution in [0, 0.1) is 11.6 Å². The van der Waals surface area contributed by atoms with E-state index in [4.69, 9.17) is 4.74 Å². The third kappa shape index (κ3) is 2.98. The first-order valence-electron chi connectivity index (χ1n) is 6.29. The highest BCUT2D eigenvalue weighted by Crippen LogP contribution is 2.17. The van der Waals surface area contributed by atoms with Crippen LogP contribution in [0.3, 0.4) is 0 Å². The number of nitrogens with zero attached hydrogens (tertiary/aromatic N) is 1. The van der Waals surface area contributed by atoms with Crippen LogP contribution in [-0.4, -0.2) is 43.0 Å². The molecule has 3 nitrogen and oxygen atoms in total. The van der Waals surface area contributed by atoms with Crippen LogP contribution in [0.5, 0.6) is 0 Å². The zero-order valence-corrected chi connectivity index (χ0v) is 11.0. The first kappa shape index (κ1) is 14.1. The summed E-state index contributed by atoms with van der Waals surface area (Å²) in [6.07, 6.45) is 0.881. The van der Waals surface area contributed by atoms with E-state index in [0.29, 0.717) is 13.2 Å². The summed E-state index contributed by atoms with van der Waals surface area (Å²) in [6.45, 7) is 3.06. The second-order valence-electron chi connectivity index (χ2n) is 4.85. The van der Waals surface area contributed by atoms with Crippen LogP contribution >= 0.6 is 0 Å². The van der Waals surface area contributed by atoms with Crippen LogP contribution < -0.4 is 0 Å². The zero-order valence-electron chi connectivity index (χ0n) is 11.0. The second kappa shape index (κ2) is 5.75. The normalized spacial score (nSPS) is 20.8. The molecule has 2 unspecified atom stereocenters. The van der Waals surface area contributed by atoms with Crippen LogP contribution in [0.15, 0.2) is 18.2 Å². The Balaban J connectivity index is 2.11. The zero-order chi connectivity index (χ0) is 14.0. The third-order valence-corrected chi connectivity index (χ3v) is 3.68. The van der Waals surface area contributed by atoms with Gasteiger partial charge >= 0.3 is 0 Å². The average Bonchev–Trinajstić information content (AvgIpc) is 2.93. The smallest absolute Gasteiger partial charge is 0.179 e. The summed E-state index contributed by atoms with van der Waals surface area (Å²) in [6, 6.07) is 3.05. The fourth-order valence-electron chi connectivity index (χ4n) is 2.24. The topological polar surface area (TPSA) is 29.5 Å². The minimum absolute atomic E-state index is 0.192. The number of ketones is 1. The largest absolute Gasteiger partial charge is 0.380 e. The molecule has 0 radical (unpaired) electrons. The molecule has 0 aromatic heterocycles. The van der Waals surface area contributed by atoms with E-state index in [0.717, 1.165) is 18.6 Å². The molecular formula is C14H17F2NO2. The van der Waals surface area contributed by atoms with Crippen molar-refractivity contribution in [3.05, 3.63) is 35.4 Å². The highest BCUT2D eigenvalue weighted by molar-refractivity contribution is 5.99. The Kier molecular flexibility index (Phi) is 4.27. The van der Waals surface area contributed by atoms with Gasteiger partial charge in [0.2, 0.25) is 0 Å². The first-order valence-corrected chi connectivity index (χ1v) is 6.29. The van der Waals surface area contributed by atoms with Crippen molar-refractivity contribution < 1.29 is 18.3 Å². The van der Waals surface area contributed by atoms with E-state index in [-0.39, 0.29) is 17.4 Å². The summed E-state index contributed by atoms with van der Waals surface area (Å²) in [5.41, 5.74) is 0.192. The lowest BCUT2D eigenvalue weighted by Crippen LogP contribution is -2.43. The van der Waals surface area contributed by atoms with E-state index >= 15 is 0 Å². The molecule has 1 aliphatic rings. The Bertz CT molecular complexity index is 473. The van der Waals surface area contributed by atoms with Crippen LogP contribution in [-0.2, 0) is 4.74 Å². The minimum Gasteiger partial charge on any atom is -0.380 e. The number of benzene rings is 1. The molecule has 1 aromatic rings. The SMILES string of the molecule is CC(C(=O)c1ccc(F)c(F)c1)N(C)C1CCOC1. The lowest BCUT2D eigenvalue weighted by Gasteiger charge is -2.28. The number of carbonyl (C=O) groups is 1. The van der Waals surface area contributed by atoms with Crippen LogP contribution in [0.25, 0.3) is 0 Å². The van der Waals surface area contributed by atoms with E-state index in [1.165, 1.54) is 6.07 Å². The van der Waals surface area contributed by atoms with Gasteiger partial charge < -0.3 is 4.74 Å². The molecule has 2 atom stereocenters. The van der Waals surface area contributed by atoms with Gasteiger partial charge in [0.15, 0.2) is 17.4 Å². The summed E-state index contributed by atoms with van der Waals surface area (Å²) >= 11 is 0. The number of Topliss-reactive ketones (excluding diaryl/α,β-unsaturated/α-hetero) is 1. The van der Waals surface area contributed by atoms with E-state index in [1.807, 2.05) is 11.9 Å². The molecule has 0 bridgehead atoms. The van der Waals surface area contributed by atoms with Crippen molar-refractivity contribution in [3.8, 4) is 0 Å². The van der Waals surface area contributed by atoms with Crippen LogP contribution in [0.1, 0.15) is 23.7 Å². The number of carbonyl (C=O) groups excluding carboxylic acids is 1. The predicted octanol–water partition coefficient (Wildman–Crippen LogP) is 2.26. The van der Waals surface area contributed by atoms with Crippen molar-refractivity contribution in [3.63, 3.8) is 0 Å². The molecule has 0 amide bonds. The molecule has 104 valence electrons. The Morgan fingerprint density at radius 3 is 2.74 bits per heavy atom. The number of hydrogen-bond donors (Lipinski definition) is 0. The van der Waals surface area contributed by atoms with Crippen molar-refractivity contribution in [2.75, 3.05) is 20.3 Å². The minimum atomic E-state index is -0.995. The Morgan fingerprint density at radius 1 is 1.42 bits per heavy atom. The molecule has 5 heteroatoms. The molecule has 19 heavy (non-hydrogen) atoms. The molecule has 1 heterocycles. The summed E-state index contributed by atoms with van der Waals surface area (Å²) in [5, 5.41) is 0. The van der Waals surface area contributed by atoms with Crippen LogP contribution in [0.2, 0.25) is 0 Å². The van der Waals surface area contributed by atoms with Crippen molar-refractivity contribution in [2.45, 2.75) is 25.4 Å². The molecule has 1 fully saturated rings. The summed E-state index contributed by atoms with van der Waals surface area (Å²) in [5.74, 6) is -2.15. The highest BCUT2D eigenvalue weighted by atomic mass is 19.2. The van der Waals surface area contributed by atoms with Gasteiger partial charge in [-0.15, -0.1) is 0 Å². The van der Waals surface area contributed by atoms with Gasteiger partial charge in [-0.05, 0) is 38.6 Å². The predicted molar refractivity (Wildman–Crippen MR) is 67.1 cm³/mol. The van der Waals surface area contributed by atoms with Crippen molar-refractivity contribution in [2.24, 2.45) is 0 Å². The van der Waals surface area contributed by atoms with Crippen molar-refractivity contribution in [1.29, 1.82) is 0 Å². The lowest BCUT2D eigenvalue weighted by atomic mass is 10.0. The molecule has 2 rings (SSSR count). The molecule has 1 aromatic carbocycles. The second-order valence-corrected chi connectivity index (χ2v) is 4.85. The summed E-state index contributed by atoms with van der Waals surface area (Å²) in [4.78, 5) is 14.2. The number of hydrogen-bond acceptors (Lipinski definition) is 3. The van der Waals surface area contributed by atoms with Gasteiger partial charge in [-0.3, -0.25) is 9.69 Å². The molecule has 1 saturated heterocycles. The summed E-state index contributed by atoms with van der Waals surface area (Å²) < 4.78 is 31.3. The Labute approximate surface area is 111 Å². The molecule has 0 N–H and O–H groups in total. The van der Waals surface area contributed by atoms with E-state index in [1.54, 1.807) is 6.92 Å². The van der Waals surface area contributed by atoms with E-state index in [2.05, 4.69) is 0 Å². The van der Waals surface area contributed by atoms with Crippen molar-refractivity contribution >= 4 is 5.78 Å². The van der Waals surface area contributed by atoms with Gasteiger partial charge in [-0.1, -0.05) is 0 Å². The maximum Gasteiger partial charge on any atom is 0.179 e. The molecule has 0 saturated carbocycles. The number of ether oxygens (including phenoxy) is 1. The summed E-state index contributed by atoms with van der Waals surface area (Å²) in [7, 11) is 1.85. The third-order valence-electron chi connectivity index (χ3n) is 3.68. The monoisotopic (exact) mass is 269 g/mol. The number of rotatable bonds is 4. The van der Waals surface area contributed by atoms with Gasteiger partial charge in [-0.2, -0.15) is 0 Å².